The molecule has 2 heterocycles. The lowest BCUT2D eigenvalue weighted by atomic mass is 9.96. The highest BCUT2D eigenvalue weighted by molar-refractivity contribution is 7.71. The molecule has 3 rings (SSSR count). The molecule has 2 amide bonds. The SMILES string of the molecule is CCn1c(CCNC(=O)C2CCN(C(=O)COc3ccccc3)CC2)n[nH]c1=S. The fraction of sp³-hybridized carbons (Fsp3) is 0.500. The van der Waals surface area contributed by atoms with Crippen LogP contribution < -0.4 is 10.1 Å². The van der Waals surface area contributed by atoms with E-state index in [2.05, 4.69) is 15.5 Å². The van der Waals surface area contributed by atoms with Crippen LogP contribution in [-0.4, -0.2) is 57.7 Å². The third kappa shape index (κ3) is 5.66. The molecule has 0 saturated carbocycles. The maximum atomic E-state index is 12.4. The van der Waals surface area contributed by atoms with Gasteiger partial charge in [0, 0.05) is 38.5 Å². The summed E-state index contributed by atoms with van der Waals surface area (Å²) in [6, 6.07) is 9.29. The summed E-state index contributed by atoms with van der Waals surface area (Å²) in [5.74, 6) is 1.45. The number of H-pyrrole nitrogens is 1. The fourth-order valence-corrected chi connectivity index (χ4v) is 3.73. The molecule has 8 nitrogen and oxygen atoms in total. The molecule has 2 aromatic rings. The Morgan fingerprint density at radius 2 is 2.00 bits per heavy atom. The van der Waals surface area contributed by atoms with Crippen LogP contribution in [0.4, 0.5) is 0 Å². The van der Waals surface area contributed by atoms with E-state index in [-0.39, 0.29) is 24.3 Å². The Morgan fingerprint density at radius 3 is 2.69 bits per heavy atom. The van der Waals surface area contributed by atoms with Crippen molar-refractivity contribution < 1.29 is 14.3 Å². The van der Waals surface area contributed by atoms with Crippen molar-refractivity contribution in [3.63, 3.8) is 0 Å². The average Bonchev–Trinajstić information content (AvgIpc) is 3.12. The van der Waals surface area contributed by atoms with E-state index in [0.717, 1.165) is 12.4 Å². The minimum Gasteiger partial charge on any atom is -0.484 e. The lowest BCUT2D eigenvalue weighted by molar-refractivity contribution is -0.137. The van der Waals surface area contributed by atoms with Crippen LogP contribution in [0.2, 0.25) is 0 Å². The van der Waals surface area contributed by atoms with E-state index < -0.39 is 0 Å². The van der Waals surface area contributed by atoms with Crippen LogP contribution in [0.5, 0.6) is 5.75 Å². The number of likely N-dealkylation sites (tertiary alicyclic amines) is 1. The number of rotatable bonds is 8. The minimum atomic E-state index is -0.0684. The largest absolute Gasteiger partial charge is 0.484 e. The Morgan fingerprint density at radius 1 is 1.28 bits per heavy atom. The van der Waals surface area contributed by atoms with Crippen molar-refractivity contribution >= 4 is 24.0 Å². The van der Waals surface area contributed by atoms with Crippen LogP contribution >= 0.6 is 12.2 Å². The zero-order valence-corrected chi connectivity index (χ0v) is 17.4. The molecule has 0 radical (unpaired) electrons. The topological polar surface area (TPSA) is 92.2 Å². The Hall–Kier alpha value is -2.68. The molecule has 0 atom stereocenters. The third-order valence-corrected chi connectivity index (χ3v) is 5.44. The van der Waals surface area contributed by atoms with Gasteiger partial charge in [-0.3, -0.25) is 14.7 Å². The van der Waals surface area contributed by atoms with Crippen molar-refractivity contribution in [2.75, 3.05) is 26.2 Å². The number of nitrogens with zero attached hydrogens (tertiary/aromatic N) is 3. The smallest absolute Gasteiger partial charge is 0.260 e. The van der Waals surface area contributed by atoms with Gasteiger partial charge in [-0.1, -0.05) is 18.2 Å². The molecule has 0 bridgehead atoms. The van der Waals surface area contributed by atoms with Gasteiger partial charge in [-0.15, -0.1) is 0 Å². The molecule has 1 aliphatic rings. The Kier molecular flexibility index (Phi) is 7.40. The highest BCUT2D eigenvalue weighted by Gasteiger charge is 2.27. The van der Waals surface area contributed by atoms with Gasteiger partial charge in [0.15, 0.2) is 11.4 Å². The minimum absolute atomic E-state index is 0.0206. The van der Waals surface area contributed by atoms with E-state index in [0.29, 0.717) is 49.4 Å². The van der Waals surface area contributed by atoms with Gasteiger partial charge in [0.1, 0.15) is 11.6 Å². The molecule has 1 aliphatic heterocycles. The zero-order chi connectivity index (χ0) is 20.6. The van der Waals surface area contributed by atoms with Gasteiger partial charge in [0.25, 0.3) is 5.91 Å². The molecule has 1 aromatic carbocycles. The Labute approximate surface area is 175 Å². The second-order valence-corrected chi connectivity index (χ2v) is 7.37. The number of nitrogens with one attached hydrogen (secondary N) is 2. The van der Waals surface area contributed by atoms with Crippen LogP contribution in [0.3, 0.4) is 0 Å². The molecule has 1 fully saturated rings. The summed E-state index contributed by atoms with van der Waals surface area (Å²) in [6.07, 6.45) is 1.95. The van der Waals surface area contributed by atoms with Crippen molar-refractivity contribution in [2.24, 2.45) is 5.92 Å². The van der Waals surface area contributed by atoms with Crippen LogP contribution in [0.25, 0.3) is 0 Å². The normalized spacial score (nSPS) is 14.6. The van der Waals surface area contributed by atoms with E-state index in [9.17, 15) is 9.59 Å². The third-order valence-electron chi connectivity index (χ3n) is 5.13. The fourth-order valence-electron chi connectivity index (χ4n) is 3.45. The van der Waals surface area contributed by atoms with Gasteiger partial charge in [-0.05, 0) is 44.1 Å². The van der Waals surface area contributed by atoms with Crippen LogP contribution in [0, 0.1) is 10.7 Å². The first-order chi connectivity index (χ1) is 14.1. The number of aromatic nitrogens is 3. The number of amides is 2. The van der Waals surface area contributed by atoms with Gasteiger partial charge < -0.3 is 19.5 Å². The number of hydrogen-bond acceptors (Lipinski definition) is 5. The predicted molar refractivity (Wildman–Crippen MR) is 111 cm³/mol. The quantitative estimate of drug-likeness (QED) is 0.641. The standard InChI is InChI=1S/C20H27N5O3S/c1-2-25-17(22-23-20(25)29)8-11-21-19(27)15-9-12-24(13-10-15)18(26)14-28-16-6-4-3-5-7-16/h3-7,15H,2,8-14H2,1H3,(H,21,27)(H,23,29). The van der Waals surface area contributed by atoms with E-state index >= 15 is 0 Å². The maximum absolute atomic E-state index is 12.4. The Bertz CT molecular complexity index is 872. The number of carbonyl (C=O) groups is 2. The lowest BCUT2D eigenvalue weighted by Crippen LogP contribution is -2.44. The molecule has 0 aliphatic carbocycles. The van der Waals surface area contributed by atoms with Crippen LogP contribution in [-0.2, 0) is 22.6 Å². The highest BCUT2D eigenvalue weighted by Crippen LogP contribution is 2.18. The number of carbonyl (C=O) groups excluding carboxylic acids is 2. The highest BCUT2D eigenvalue weighted by atomic mass is 32.1. The number of para-hydroxylation sites is 1. The second kappa shape index (κ2) is 10.2. The summed E-state index contributed by atoms with van der Waals surface area (Å²) >= 11 is 5.17. The monoisotopic (exact) mass is 417 g/mol. The first-order valence-corrected chi connectivity index (χ1v) is 10.4. The molecule has 29 heavy (non-hydrogen) atoms. The number of ether oxygens (including phenoxy) is 1. The summed E-state index contributed by atoms with van der Waals surface area (Å²) in [6.45, 7) is 4.44. The predicted octanol–water partition coefficient (Wildman–Crippen LogP) is 1.94. The van der Waals surface area contributed by atoms with E-state index in [1.807, 2.05) is 41.8 Å². The van der Waals surface area contributed by atoms with E-state index in [1.165, 1.54) is 0 Å². The van der Waals surface area contributed by atoms with Crippen molar-refractivity contribution in [3.05, 3.63) is 40.9 Å². The second-order valence-electron chi connectivity index (χ2n) is 6.99. The van der Waals surface area contributed by atoms with Gasteiger partial charge in [0.2, 0.25) is 5.91 Å². The lowest BCUT2D eigenvalue weighted by Gasteiger charge is -2.31. The molecule has 1 saturated heterocycles. The van der Waals surface area contributed by atoms with Crippen LogP contribution in [0.1, 0.15) is 25.6 Å². The number of aromatic amines is 1. The van der Waals surface area contributed by atoms with Gasteiger partial charge in [0.05, 0.1) is 0 Å². The molecule has 0 unspecified atom stereocenters. The van der Waals surface area contributed by atoms with Gasteiger partial charge >= 0.3 is 0 Å². The molecular formula is C20H27N5O3S. The Balaban J connectivity index is 1.37. The maximum Gasteiger partial charge on any atom is 0.260 e. The van der Waals surface area contributed by atoms with Crippen molar-refractivity contribution in [3.8, 4) is 5.75 Å². The first kappa shape index (κ1) is 21.0. The summed E-state index contributed by atoms with van der Waals surface area (Å²) in [4.78, 5) is 26.5. The first-order valence-electron chi connectivity index (χ1n) is 9.96. The molecule has 156 valence electrons. The molecule has 2 N–H and O–H groups in total. The van der Waals surface area contributed by atoms with E-state index in [4.69, 9.17) is 17.0 Å². The van der Waals surface area contributed by atoms with Gasteiger partial charge in [-0.25, -0.2) is 0 Å². The number of hydrogen-bond donors (Lipinski definition) is 2. The van der Waals surface area contributed by atoms with Crippen molar-refractivity contribution in [1.29, 1.82) is 0 Å². The van der Waals surface area contributed by atoms with Crippen LogP contribution in [0.15, 0.2) is 30.3 Å². The summed E-state index contributed by atoms with van der Waals surface area (Å²) < 4.78 is 8.04. The van der Waals surface area contributed by atoms with E-state index in [1.54, 1.807) is 4.90 Å². The zero-order valence-electron chi connectivity index (χ0n) is 16.6. The summed E-state index contributed by atoms with van der Waals surface area (Å²) in [5.41, 5.74) is 0. The van der Waals surface area contributed by atoms with Crippen molar-refractivity contribution in [1.82, 2.24) is 25.0 Å². The molecular weight excluding hydrogens is 390 g/mol. The molecule has 0 spiro atoms. The number of benzene rings is 1. The molecule has 9 heteroatoms. The summed E-state index contributed by atoms with van der Waals surface area (Å²) in [5, 5.41) is 9.97. The summed E-state index contributed by atoms with van der Waals surface area (Å²) in [7, 11) is 0. The average molecular weight is 418 g/mol. The van der Waals surface area contributed by atoms with Gasteiger partial charge in [-0.2, -0.15) is 5.10 Å². The molecule has 1 aromatic heterocycles. The van der Waals surface area contributed by atoms with Crippen molar-refractivity contribution in [2.45, 2.75) is 32.7 Å². The number of piperidine rings is 1.